The molecule has 0 radical (unpaired) electrons. The van der Waals surface area contributed by atoms with E-state index in [1.54, 1.807) is 0 Å². The van der Waals surface area contributed by atoms with Crippen LogP contribution in [0.2, 0.25) is 0 Å². The van der Waals surface area contributed by atoms with Crippen molar-refractivity contribution in [1.29, 1.82) is 0 Å². The third-order valence-electron chi connectivity index (χ3n) is 4.37. The molecule has 3 atom stereocenters. The summed E-state index contributed by atoms with van der Waals surface area (Å²) < 4.78 is 11.7. The molecule has 0 aromatic carbocycles. The van der Waals surface area contributed by atoms with E-state index in [2.05, 4.69) is 6.92 Å². The minimum absolute atomic E-state index is 0.0226. The molecule has 1 N–H and O–H groups in total. The van der Waals surface area contributed by atoms with Crippen LogP contribution in [0.3, 0.4) is 0 Å². The van der Waals surface area contributed by atoms with Gasteiger partial charge in [0.25, 0.3) is 0 Å². The normalized spacial score (nSPS) is 32.8. The van der Waals surface area contributed by atoms with Crippen LogP contribution in [0.5, 0.6) is 0 Å². The van der Waals surface area contributed by atoms with Gasteiger partial charge >= 0.3 is 0 Å². The number of hydrogen-bond acceptors (Lipinski definition) is 4. The molecule has 106 valence electrons. The van der Waals surface area contributed by atoms with Crippen LogP contribution in [-0.4, -0.2) is 28.8 Å². The summed E-state index contributed by atoms with van der Waals surface area (Å²) in [6, 6.07) is 3.90. The van der Waals surface area contributed by atoms with Gasteiger partial charge in [-0.25, -0.2) is 0 Å². The van der Waals surface area contributed by atoms with Crippen LogP contribution in [0.25, 0.3) is 0 Å². The predicted octanol–water partition coefficient (Wildman–Crippen LogP) is 3.18. The summed E-state index contributed by atoms with van der Waals surface area (Å²) in [6.45, 7) is 2.83. The first-order valence-corrected chi connectivity index (χ1v) is 8.36. The topological polar surface area (TPSA) is 42.6 Å². The molecular weight excluding hydrogens is 260 g/mol. The Hall–Kier alpha value is -0.450. The molecule has 2 fully saturated rings. The summed E-state index contributed by atoms with van der Waals surface area (Å²) in [5.41, 5.74) is 0.0226. The van der Waals surface area contributed by atoms with Crippen molar-refractivity contribution in [2.75, 3.05) is 18.1 Å². The smallest absolute Gasteiger partial charge is 0.132 e. The number of aliphatic hydroxyl groups excluding tert-OH is 1. The molecule has 1 aromatic rings. The molecule has 3 heterocycles. The van der Waals surface area contributed by atoms with E-state index in [-0.39, 0.29) is 11.5 Å². The van der Waals surface area contributed by atoms with Crippen molar-refractivity contribution >= 4 is 11.8 Å². The molecule has 0 bridgehead atoms. The number of ether oxygens (including phenoxy) is 1. The van der Waals surface area contributed by atoms with Gasteiger partial charge in [-0.3, -0.25) is 0 Å². The molecule has 3 nitrogen and oxygen atoms in total. The van der Waals surface area contributed by atoms with E-state index >= 15 is 0 Å². The first-order valence-electron chi connectivity index (χ1n) is 7.21. The molecular formula is C15H22O3S. The van der Waals surface area contributed by atoms with Crippen LogP contribution in [0, 0.1) is 5.92 Å². The number of thioether (sulfide) groups is 1. The third kappa shape index (κ3) is 2.71. The van der Waals surface area contributed by atoms with Crippen molar-refractivity contribution in [2.45, 2.75) is 44.3 Å². The zero-order valence-corrected chi connectivity index (χ0v) is 12.2. The predicted molar refractivity (Wildman–Crippen MR) is 76.4 cm³/mol. The first-order chi connectivity index (χ1) is 9.22. The molecule has 1 spiro atoms. The Labute approximate surface area is 118 Å². The molecule has 2 aliphatic rings. The minimum atomic E-state index is -0.480. The van der Waals surface area contributed by atoms with E-state index in [1.807, 2.05) is 23.9 Å². The minimum Gasteiger partial charge on any atom is -0.463 e. The average Bonchev–Trinajstić information content (AvgIpc) is 3.07. The molecule has 1 aromatic heterocycles. The van der Waals surface area contributed by atoms with Crippen LogP contribution in [-0.2, 0) is 11.2 Å². The highest BCUT2D eigenvalue weighted by Gasteiger charge is 2.42. The van der Waals surface area contributed by atoms with E-state index in [1.165, 1.54) is 5.75 Å². The second-order valence-electron chi connectivity index (χ2n) is 5.69. The zero-order valence-electron chi connectivity index (χ0n) is 11.4. The maximum atomic E-state index is 10.5. The summed E-state index contributed by atoms with van der Waals surface area (Å²) >= 11 is 1.97. The van der Waals surface area contributed by atoms with Gasteiger partial charge in [-0.05, 0) is 43.1 Å². The number of furan rings is 1. The van der Waals surface area contributed by atoms with Gasteiger partial charge in [0.15, 0.2) is 0 Å². The lowest BCUT2D eigenvalue weighted by Gasteiger charge is -2.39. The lowest BCUT2D eigenvalue weighted by molar-refractivity contribution is -0.104. The zero-order chi connectivity index (χ0) is 13.3. The highest BCUT2D eigenvalue weighted by Crippen LogP contribution is 2.44. The molecule has 0 saturated carbocycles. The Balaban J connectivity index is 1.70. The third-order valence-corrected chi connectivity index (χ3v) is 5.59. The van der Waals surface area contributed by atoms with E-state index < -0.39 is 6.10 Å². The second kappa shape index (κ2) is 5.51. The summed E-state index contributed by atoms with van der Waals surface area (Å²) in [4.78, 5) is 0. The molecule has 3 unspecified atom stereocenters. The molecule has 19 heavy (non-hydrogen) atoms. The van der Waals surface area contributed by atoms with Crippen molar-refractivity contribution in [2.24, 2.45) is 5.92 Å². The standard InChI is InChI=1S/C15H22O3S/c1-2-12-3-4-13(18-12)14(16)11-5-7-17-15(9-11)6-8-19-10-15/h3-4,11,14,16H,2,5-10H2,1H3. The maximum absolute atomic E-state index is 10.5. The highest BCUT2D eigenvalue weighted by atomic mass is 32.2. The van der Waals surface area contributed by atoms with Gasteiger partial charge < -0.3 is 14.3 Å². The Morgan fingerprint density at radius 2 is 2.42 bits per heavy atom. The fourth-order valence-corrected chi connectivity index (χ4v) is 4.55. The first kappa shape index (κ1) is 13.5. The Morgan fingerprint density at radius 3 is 3.11 bits per heavy atom. The van der Waals surface area contributed by atoms with Gasteiger partial charge in [0.1, 0.15) is 17.6 Å². The number of aryl methyl sites for hydroxylation is 1. The van der Waals surface area contributed by atoms with E-state index in [9.17, 15) is 5.11 Å². The van der Waals surface area contributed by atoms with Gasteiger partial charge in [-0.2, -0.15) is 11.8 Å². The molecule has 2 aliphatic heterocycles. The van der Waals surface area contributed by atoms with Crippen molar-refractivity contribution in [3.8, 4) is 0 Å². The lowest BCUT2D eigenvalue weighted by Crippen LogP contribution is -2.41. The van der Waals surface area contributed by atoms with Gasteiger partial charge in [-0.1, -0.05) is 6.92 Å². The molecule has 0 amide bonds. The number of hydrogen-bond donors (Lipinski definition) is 1. The largest absolute Gasteiger partial charge is 0.463 e. The van der Waals surface area contributed by atoms with E-state index in [4.69, 9.17) is 9.15 Å². The van der Waals surface area contributed by atoms with E-state index in [0.29, 0.717) is 0 Å². The fraction of sp³-hybridized carbons (Fsp3) is 0.733. The van der Waals surface area contributed by atoms with Crippen LogP contribution in [0.1, 0.15) is 43.8 Å². The lowest BCUT2D eigenvalue weighted by atomic mass is 9.81. The van der Waals surface area contributed by atoms with Crippen LogP contribution in [0.4, 0.5) is 0 Å². The number of rotatable bonds is 3. The van der Waals surface area contributed by atoms with Gasteiger partial charge in [0.2, 0.25) is 0 Å². The van der Waals surface area contributed by atoms with Crippen molar-refractivity contribution in [1.82, 2.24) is 0 Å². The SMILES string of the molecule is CCc1ccc(C(O)C2CCOC3(CCSC3)C2)o1. The van der Waals surface area contributed by atoms with E-state index in [0.717, 1.165) is 49.6 Å². The molecule has 4 heteroatoms. The fourth-order valence-electron chi connectivity index (χ4n) is 3.17. The Bertz CT molecular complexity index is 423. The molecule has 2 saturated heterocycles. The van der Waals surface area contributed by atoms with Crippen LogP contribution >= 0.6 is 11.8 Å². The summed E-state index contributed by atoms with van der Waals surface area (Å²) in [7, 11) is 0. The van der Waals surface area contributed by atoms with Gasteiger partial charge in [0, 0.05) is 18.8 Å². The number of aliphatic hydroxyl groups is 1. The average molecular weight is 282 g/mol. The Kier molecular flexibility index (Phi) is 3.92. The second-order valence-corrected chi connectivity index (χ2v) is 6.79. The van der Waals surface area contributed by atoms with Gasteiger partial charge in [-0.15, -0.1) is 0 Å². The van der Waals surface area contributed by atoms with Gasteiger partial charge in [0.05, 0.1) is 5.60 Å². The Morgan fingerprint density at radius 1 is 1.53 bits per heavy atom. The highest BCUT2D eigenvalue weighted by molar-refractivity contribution is 7.99. The van der Waals surface area contributed by atoms with Crippen molar-refractivity contribution in [3.63, 3.8) is 0 Å². The van der Waals surface area contributed by atoms with Crippen molar-refractivity contribution < 1.29 is 14.3 Å². The van der Waals surface area contributed by atoms with Crippen molar-refractivity contribution in [3.05, 3.63) is 23.7 Å². The summed E-state index contributed by atoms with van der Waals surface area (Å²) in [5.74, 6) is 4.21. The van der Waals surface area contributed by atoms with Crippen LogP contribution < -0.4 is 0 Å². The monoisotopic (exact) mass is 282 g/mol. The summed E-state index contributed by atoms with van der Waals surface area (Å²) in [6.07, 6.45) is 3.41. The van der Waals surface area contributed by atoms with Crippen LogP contribution in [0.15, 0.2) is 16.5 Å². The molecule has 3 rings (SSSR count). The quantitative estimate of drug-likeness (QED) is 0.924. The molecule has 0 aliphatic carbocycles. The summed E-state index contributed by atoms with van der Waals surface area (Å²) in [5, 5.41) is 10.5. The maximum Gasteiger partial charge on any atom is 0.132 e.